The van der Waals surface area contributed by atoms with Gasteiger partial charge in [-0.05, 0) is 44.1 Å². The molecule has 0 aromatic rings. The van der Waals surface area contributed by atoms with Crippen molar-refractivity contribution >= 4 is 11.9 Å². The Morgan fingerprint density at radius 3 is 2.30 bits per heavy atom. The first kappa shape index (κ1) is 17.0. The molecule has 0 saturated heterocycles. The van der Waals surface area contributed by atoms with E-state index in [0.29, 0.717) is 37.6 Å². The highest BCUT2D eigenvalue weighted by Crippen LogP contribution is 2.30. The summed E-state index contributed by atoms with van der Waals surface area (Å²) in [5, 5.41) is 12.1. The molecule has 0 aromatic carbocycles. The molecule has 1 unspecified atom stereocenters. The monoisotopic (exact) mass is 284 g/mol. The minimum absolute atomic E-state index is 0.142. The van der Waals surface area contributed by atoms with Gasteiger partial charge in [0.15, 0.2) is 0 Å². The molecule has 0 spiro atoms. The summed E-state index contributed by atoms with van der Waals surface area (Å²) in [6.45, 7) is 4.89. The molecule has 5 nitrogen and oxygen atoms in total. The molecule has 1 saturated carbocycles. The Morgan fingerprint density at radius 1 is 1.25 bits per heavy atom. The van der Waals surface area contributed by atoms with E-state index < -0.39 is 11.5 Å². The van der Waals surface area contributed by atoms with Crippen LogP contribution < -0.4 is 11.1 Å². The quantitative estimate of drug-likeness (QED) is 0.634. The molecule has 1 fully saturated rings. The molecule has 0 aliphatic heterocycles. The fourth-order valence-corrected chi connectivity index (χ4v) is 3.04. The standard InChI is InChI=1S/C15H28N2O3/c1-11(2)12(7-10-16)5-6-13(18)17-15(14(19)20)8-3-4-9-15/h11-12H,3-10,16H2,1-2H3,(H,17,18)(H,19,20). The van der Waals surface area contributed by atoms with Crippen LogP contribution in [0.1, 0.15) is 58.8 Å². The zero-order chi connectivity index (χ0) is 15.2. The highest BCUT2D eigenvalue weighted by Gasteiger charge is 2.42. The maximum Gasteiger partial charge on any atom is 0.329 e. The highest BCUT2D eigenvalue weighted by molar-refractivity contribution is 5.87. The zero-order valence-corrected chi connectivity index (χ0v) is 12.7. The highest BCUT2D eigenvalue weighted by atomic mass is 16.4. The average molecular weight is 284 g/mol. The number of carboxylic acid groups (broad SMARTS) is 1. The van der Waals surface area contributed by atoms with E-state index in [4.69, 9.17) is 5.73 Å². The van der Waals surface area contributed by atoms with E-state index in [-0.39, 0.29) is 5.91 Å². The predicted molar refractivity (Wildman–Crippen MR) is 78.2 cm³/mol. The van der Waals surface area contributed by atoms with Gasteiger partial charge < -0.3 is 16.2 Å². The van der Waals surface area contributed by atoms with Crippen molar-refractivity contribution in [1.82, 2.24) is 5.32 Å². The second-order valence-corrected chi connectivity index (χ2v) is 6.26. The summed E-state index contributed by atoms with van der Waals surface area (Å²) < 4.78 is 0. The molecular weight excluding hydrogens is 256 g/mol. The normalized spacial score (nSPS) is 19.0. The van der Waals surface area contributed by atoms with Gasteiger partial charge in [-0.25, -0.2) is 4.79 Å². The molecule has 1 aliphatic carbocycles. The van der Waals surface area contributed by atoms with Crippen molar-refractivity contribution in [2.75, 3.05) is 6.54 Å². The van der Waals surface area contributed by atoms with E-state index in [0.717, 1.165) is 25.7 Å². The minimum Gasteiger partial charge on any atom is -0.480 e. The van der Waals surface area contributed by atoms with Crippen LogP contribution in [-0.4, -0.2) is 29.1 Å². The van der Waals surface area contributed by atoms with Crippen LogP contribution in [0.3, 0.4) is 0 Å². The number of amides is 1. The first-order valence-electron chi connectivity index (χ1n) is 7.66. The lowest BCUT2D eigenvalue weighted by atomic mass is 9.88. The number of rotatable bonds is 8. The van der Waals surface area contributed by atoms with Crippen molar-refractivity contribution < 1.29 is 14.7 Å². The molecule has 116 valence electrons. The largest absolute Gasteiger partial charge is 0.480 e. The molecule has 1 aliphatic rings. The van der Waals surface area contributed by atoms with Gasteiger partial charge in [-0.3, -0.25) is 4.79 Å². The van der Waals surface area contributed by atoms with Gasteiger partial charge in [-0.2, -0.15) is 0 Å². The summed E-state index contributed by atoms with van der Waals surface area (Å²) in [6, 6.07) is 0. The number of aliphatic carboxylic acids is 1. The Bertz CT molecular complexity index is 336. The number of hydrogen-bond donors (Lipinski definition) is 3. The smallest absolute Gasteiger partial charge is 0.329 e. The summed E-state index contributed by atoms with van der Waals surface area (Å²) in [7, 11) is 0. The van der Waals surface area contributed by atoms with Crippen LogP contribution in [-0.2, 0) is 9.59 Å². The molecule has 0 radical (unpaired) electrons. The third-order valence-electron chi connectivity index (χ3n) is 4.47. The number of carbonyl (C=O) groups is 2. The zero-order valence-electron chi connectivity index (χ0n) is 12.7. The molecule has 20 heavy (non-hydrogen) atoms. The van der Waals surface area contributed by atoms with Gasteiger partial charge in [0.05, 0.1) is 0 Å². The maximum atomic E-state index is 12.0. The van der Waals surface area contributed by atoms with Gasteiger partial charge in [0.1, 0.15) is 5.54 Å². The lowest BCUT2D eigenvalue weighted by Gasteiger charge is -2.26. The number of carboxylic acids is 1. The first-order valence-corrected chi connectivity index (χ1v) is 7.66. The Hall–Kier alpha value is -1.10. The third kappa shape index (κ3) is 4.47. The van der Waals surface area contributed by atoms with Crippen LogP contribution in [0.15, 0.2) is 0 Å². The van der Waals surface area contributed by atoms with E-state index in [9.17, 15) is 14.7 Å². The molecule has 1 rings (SSSR count). The van der Waals surface area contributed by atoms with Crippen molar-refractivity contribution in [3.8, 4) is 0 Å². The van der Waals surface area contributed by atoms with Crippen molar-refractivity contribution in [2.45, 2.75) is 64.3 Å². The molecule has 5 heteroatoms. The number of nitrogens with one attached hydrogen (secondary N) is 1. The Morgan fingerprint density at radius 2 is 1.85 bits per heavy atom. The molecule has 0 heterocycles. The van der Waals surface area contributed by atoms with Gasteiger partial charge in [0.25, 0.3) is 0 Å². The third-order valence-corrected chi connectivity index (χ3v) is 4.47. The van der Waals surface area contributed by atoms with Crippen molar-refractivity contribution in [2.24, 2.45) is 17.6 Å². The fourth-order valence-electron chi connectivity index (χ4n) is 3.04. The maximum absolute atomic E-state index is 12.0. The van der Waals surface area contributed by atoms with Gasteiger partial charge in [0, 0.05) is 6.42 Å². The molecule has 4 N–H and O–H groups in total. The van der Waals surface area contributed by atoms with Crippen LogP contribution in [0.5, 0.6) is 0 Å². The van der Waals surface area contributed by atoms with Crippen LogP contribution in [0.2, 0.25) is 0 Å². The summed E-state index contributed by atoms with van der Waals surface area (Å²) >= 11 is 0. The lowest BCUT2D eigenvalue weighted by molar-refractivity contribution is -0.147. The van der Waals surface area contributed by atoms with E-state index >= 15 is 0 Å². The number of hydrogen-bond acceptors (Lipinski definition) is 3. The summed E-state index contributed by atoms with van der Waals surface area (Å²) in [5.74, 6) is -0.121. The van der Waals surface area contributed by atoms with Gasteiger partial charge in [-0.15, -0.1) is 0 Å². The summed E-state index contributed by atoms with van der Waals surface area (Å²) in [6.07, 6.45) is 4.90. The Labute approximate surface area is 121 Å². The van der Waals surface area contributed by atoms with Gasteiger partial charge >= 0.3 is 5.97 Å². The number of carbonyl (C=O) groups excluding carboxylic acids is 1. The predicted octanol–water partition coefficient (Wildman–Crippen LogP) is 1.90. The van der Waals surface area contributed by atoms with E-state index in [2.05, 4.69) is 19.2 Å². The Balaban J connectivity index is 2.48. The summed E-state index contributed by atoms with van der Waals surface area (Å²) in [5.41, 5.74) is 4.57. The Kier molecular flexibility index (Phi) is 6.46. The average Bonchev–Trinajstić information content (AvgIpc) is 2.83. The topological polar surface area (TPSA) is 92.4 Å². The van der Waals surface area contributed by atoms with Crippen LogP contribution in [0.4, 0.5) is 0 Å². The van der Waals surface area contributed by atoms with Gasteiger partial charge in [0.2, 0.25) is 5.91 Å². The van der Waals surface area contributed by atoms with Crippen LogP contribution >= 0.6 is 0 Å². The number of nitrogens with two attached hydrogens (primary N) is 1. The molecule has 1 amide bonds. The molecule has 0 bridgehead atoms. The van der Waals surface area contributed by atoms with E-state index in [1.165, 1.54) is 0 Å². The molecular formula is C15H28N2O3. The fraction of sp³-hybridized carbons (Fsp3) is 0.867. The van der Waals surface area contributed by atoms with E-state index in [1.807, 2.05) is 0 Å². The van der Waals surface area contributed by atoms with Crippen LogP contribution in [0, 0.1) is 11.8 Å². The van der Waals surface area contributed by atoms with Crippen molar-refractivity contribution in [3.05, 3.63) is 0 Å². The minimum atomic E-state index is -1.02. The van der Waals surface area contributed by atoms with Crippen molar-refractivity contribution in [1.29, 1.82) is 0 Å². The first-order chi connectivity index (χ1) is 9.41. The summed E-state index contributed by atoms with van der Waals surface area (Å²) in [4.78, 5) is 23.4. The van der Waals surface area contributed by atoms with E-state index in [1.54, 1.807) is 0 Å². The molecule has 0 aromatic heterocycles. The SMILES string of the molecule is CC(C)C(CCN)CCC(=O)NC1(C(=O)O)CCCC1. The van der Waals surface area contributed by atoms with Gasteiger partial charge in [-0.1, -0.05) is 26.7 Å². The second kappa shape index (κ2) is 7.62. The molecule has 1 atom stereocenters. The lowest BCUT2D eigenvalue weighted by Crippen LogP contribution is -2.52. The van der Waals surface area contributed by atoms with Crippen LogP contribution in [0.25, 0.3) is 0 Å². The van der Waals surface area contributed by atoms with Crippen molar-refractivity contribution in [3.63, 3.8) is 0 Å². The second-order valence-electron chi connectivity index (χ2n) is 6.26.